The Morgan fingerprint density at radius 2 is 2.11 bits per heavy atom. The predicted molar refractivity (Wildman–Crippen MR) is 97.1 cm³/mol. The number of hydrogen-bond acceptors (Lipinski definition) is 6. The number of nitrogens with zero attached hydrogens (tertiary/aromatic N) is 3. The fraction of sp³-hybridized carbons (Fsp3) is 0.235. The van der Waals surface area contributed by atoms with E-state index in [9.17, 15) is 18.0 Å². The molecule has 2 aromatic carbocycles. The number of alkyl halides is 3. The summed E-state index contributed by atoms with van der Waals surface area (Å²) in [5.74, 6) is -0.155. The van der Waals surface area contributed by atoms with E-state index in [1.54, 1.807) is 24.1 Å². The molecule has 148 valence electrons. The molecule has 0 radical (unpaired) electrons. The molecule has 28 heavy (non-hydrogen) atoms. The van der Waals surface area contributed by atoms with Gasteiger partial charge in [-0.05, 0) is 36.8 Å². The van der Waals surface area contributed by atoms with Gasteiger partial charge in [-0.15, -0.1) is 5.11 Å². The van der Waals surface area contributed by atoms with Crippen molar-refractivity contribution in [1.82, 2.24) is 5.53 Å². The number of aryl methyl sites for hydroxylation is 1. The number of anilines is 2. The molecule has 1 heterocycles. The molecule has 0 spiro atoms. The second-order valence-corrected chi connectivity index (χ2v) is 6.30. The molecule has 1 amide bonds. The Hall–Kier alpha value is -3.01. The maximum atomic E-state index is 12.9. The number of halogens is 4. The van der Waals surface area contributed by atoms with Crippen molar-refractivity contribution >= 4 is 28.9 Å². The normalized spacial score (nSPS) is 13.4. The molecule has 0 aromatic heterocycles. The molecule has 0 bridgehead atoms. The monoisotopic (exact) mass is 413 g/mol. The van der Waals surface area contributed by atoms with Crippen molar-refractivity contribution in [3.8, 4) is 5.75 Å². The third-order valence-corrected chi connectivity index (χ3v) is 4.17. The molecular weight excluding hydrogens is 399 g/mol. The first-order chi connectivity index (χ1) is 13.2. The third kappa shape index (κ3) is 4.63. The van der Waals surface area contributed by atoms with Crippen LogP contribution >= 0.6 is 11.6 Å². The average Bonchev–Trinajstić information content (AvgIpc) is 3.16. The Morgan fingerprint density at radius 3 is 2.79 bits per heavy atom. The van der Waals surface area contributed by atoms with Crippen LogP contribution in [0.3, 0.4) is 0 Å². The van der Waals surface area contributed by atoms with E-state index in [-0.39, 0.29) is 12.3 Å². The summed E-state index contributed by atoms with van der Waals surface area (Å²) in [5.41, 5.74) is 3.17. The van der Waals surface area contributed by atoms with Gasteiger partial charge in [-0.25, -0.2) is 5.01 Å². The number of rotatable bonds is 5. The standard InChI is InChI=1S/C17H15ClF3N5O2/c1-10-2-4-12(26-9-22-24-25-26)7-15(10)28-8-16(27)23-11-3-5-14(18)13(6-11)17(19,20)21/h2-7H,8-9H2,1H3,(H,22,25)(H,23,27). The lowest BCUT2D eigenvalue weighted by Crippen LogP contribution is -2.29. The molecule has 0 saturated heterocycles. The number of nitrogens with one attached hydrogen (secondary N) is 2. The van der Waals surface area contributed by atoms with E-state index < -0.39 is 22.7 Å². The molecule has 0 atom stereocenters. The van der Waals surface area contributed by atoms with Gasteiger partial charge in [-0.1, -0.05) is 22.9 Å². The molecule has 2 aromatic rings. The second kappa shape index (κ2) is 7.93. The lowest BCUT2D eigenvalue weighted by atomic mass is 10.2. The highest BCUT2D eigenvalue weighted by atomic mass is 35.5. The smallest absolute Gasteiger partial charge is 0.417 e. The van der Waals surface area contributed by atoms with Gasteiger partial charge >= 0.3 is 6.18 Å². The summed E-state index contributed by atoms with van der Waals surface area (Å²) < 4.78 is 44.2. The summed E-state index contributed by atoms with van der Waals surface area (Å²) in [6.07, 6.45) is -4.62. The van der Waals surface area contributed by atoms with Crippen LogP contribution < -0.4 is 20.6 Å². The minimum absolute atomic E-state index is 0.0275. The van der Waals surface area contributed by atoms with E-state index in [1.165, 1.54) is 6.07 Å². The first-order valence-electron chi connectivity index (χ1n) is 8.04. The molecule has 0 fully saturated rings. The molecule has 0 saturated carbocycles. The number of hydrogen-bond donors (Lipinski definition) is 2. The Morgan fingerprint density at radius 1 is 1.32 bits per heavy atom. The molecular formula is C17H15ClF3N5O2. The lowest BCUT2D eigenvalue weighted by molar-refractivity contribution is -0.137. The maximum Gasteiger partial charge on any atom is 0.417 e. The lowest BCUT2D eigenvalue weighted by Gasteiger charge is -2.17. The number of carbonyl (C=O) groups excluding carboxylic acids is 1. The summed E-state index contributed by atoms with van der Waals surface area (Å²) in [4.78, 5) is 12.1. The Kier molecular flexibility index (Phi) is 5.59. The quantitative estimate of drug-likeness (QED) is 0.764. The van der Waals surface area contributed by atoms with Gasteiger partial charge in [-0.2, -0.15) is 18.7 Å². The number of ether oxygens (including phenoxy) is 1. The van der Waals surface area contributed by atoms with Crippen LogP contribution in [0.4, 0.5) is 24.5 Å². The summed E-state index contributed by atoms with van der Waals surface area (Å²) in [6, 6.07) is 8.48. The van der Waals surface area contributed by atoms with Gasteiger partial charge in [0, 0.05) is 11.8 Å². The molecule has 0 aliphatic carbocycles. The van der Waals surface area contributed by atoms with Crippen LogP contribution in [0.1, 0.15) is 11.1 Å². The van der Waals surface area contributed by atoms with Crippen molar-refractivity contribution in [1.29, 1.82) is 0 Å². The van der Waals surface area contributed by atoms with Crippen molar-refractivity contribution in [2.75, 3.05) is 23.6 Å². The zero-order valence-electron chi connectivity index (χ0n) is 14.5. The van der Waals surface area contributed by atoms with Gasteiger partial charge in [0.2, 0.25) is 0 Å². The fourth-order valence-electron chi connectivity index (χ4n) is 2.42. The molecule has 0 unspecified atom stereocenters. The summed E-state index contributed by atoms with van der Waals surface area (Å²) in [6.45, 7) is 1.76. The van der Waals surface area contributed by atoms with Gasteiger partial charge in [0.15, 0.2) is 13.3 Å². The highest BCUT2D eigenvalue weighted by molar-refractivity contribution is 6.31. The van der Waals surface area contributed by atoms with Crippen LogP contribution in [0.15, 0.2) is 46.7 Å². The topological polar surface area (TPSA) is 78.3 Å². The van der Waals surface area contributed by atoms with Crippen molar-refractivity contribution in [3.05, 3.63) is 52.5 Å². The first-order valence-corrected chi connectivity index (χ1v) is 8.41. The summed E-state index contributed by atoms with van der Waals surface area (Å²) in [5, 5.41) is 11.0. The van der Waals surface area contributed by atoms with Crippen LogP contribution in [-0.4, -0.2) is 19.2 Å². The number of benzene rings is 2. The average molecular weight is 414 g/mol. The predicted octanol–water partition coefficient (Wildman–Crippen LogP) is 4.33. The minimum atomic E-state index is -4.62. The van der Waals surface area contributed by atoms with Crippen molar-refractivity contribution < 1.29 is 22.7 Å². The molecule has 7 nitrogen and oxygen atoms in total. The van der Waals surface area contributed by atoms with Crippen molar-refractivity contribution in [3.63, 3.8) is 0 Å². The molecule has 3 rings (SSSR count). The number of hydrazine groups is 1. The summed E-state index contributed by atoms with van der Waals surface area (Å²) in [7, 11) is 0. The number of carbonyl (C=O) groups is 1. The molecule has 11 heteroatoms. The van der Waals surface area contributed by atoms with E-state index in [0.717, 1.165) is 23.4 Å². The highest BCUT2D eigenvalue weighted by Gasteiger charge is 2.33. The van der Waals surface area contributed by atoms with E-state index in [2.05, 4.69) is 21.2 Å². The van der Waals surface area contributed by atoms with E-state index >= 15 is 0 Å². The highest BCUT2D eigenvalue weighted by Crippen LogP contribution is 2.36. The number of amides is 1. The first kappa shape index (κ1) is 19.7. The van der Waals surface area contributed by atoms with E-state index in [1.807, 2.05) is 6.07 Å². The van der Waals surface area contributed by atoms with Gasteiger partial charge < -0.3 is 10.1 Å². The molecule has 1 aliphatic heterocycles. The van der Waals surface area contributed by atoms with Crippen LogP contribution in [0, 0.1) is 6.92 Å². The Labute approximate surface area is 163 Å². The van der Waals surface area contributed by atoms with Crippen LogP contribution in [0.25, 0.3) is 0 Å². The van der Waals surface area contributed by atoms with Gasteiger partial charge in [0.25, 0.3) is 5.91 Å². The summed E-state index contributed by atoms with van der Waals surface area (Å²) >= 11 is 5.56. The Balaban J connectivity index is 1.64. The van der Waals surface area contributed by atoms with Gasteiger partial charge in [0.05, 0.1) is 16.3 Å². The van der Waals surface area contributed by atoms with Crippen molar-refractivity contribution in [2.24, 2.45) is 10.3 Å². The fourth-order valence-corrected chi connectivity index (χ4v) is 2.65. The minimum Gasteiger partial charge on any atom is -0.483 e. The zero-order chi connectivity index (χ0) is 20.3. The van der Waals surface area contributed by atoms with Crippen LogP contribution in [0.5, 0.6) is 5.75 Å². The molecule has 1 aliphatic rings. The van der Waals surface area contributed by atoms with Crippen molar-refractivity contribution in [2.45, 2.75) is 13.1 Å². The molecule has 2 N–H and O–H groups in total. The zero-order valence-corrected chi connectivity index (χ0v) is 15.3. The van der Waals surface area contributed by atoms with Gasteiger partial charge in [0.1, 0.15) is 5.75 Å². The largest absolute Gasteiger partial charge is 0.483 e. The third-order valence-electron chi connectivity index (χ3n) is 3.84. The SMILES string of the molecule is Cc1ccc(N2CN=NN2)cc1OCC(=O)Nc1ccc(Cl)c(C(F)(F)F)c1. The Bertz CT molecular complexity index is 912. The van der Waals surface area contributed by atoms with E-state index in [4.69, 9.17) is 16.3 Å². The maximum absolute atomic E-state index is 12.9. The van der Waals surface area contributed by atoms with Crippen LogP contribution in [-0.2, 0) is 11.0 Å². The van der Waals surface area contributed by atoms with Crippen LogP contribution in [0.2, 0.25) is 5.02 Å². The second-order valence-electron chi connectivity index (χ2n) is 5.89. The van der Waals surface area contributed by atoms with E-state index in [0.29, 0.717) is 12.4 Å². The van der Waals surface area contributed by atoms with Gasteiger partial charge in [-0.3, -0.25) is 4.79 Å².